The number of carboxylic acid groups (broad SMARTS) is 1. The Labute approximate surface area is 98.3 Å². The van der Waals surface area contributed by atoms with Crippen LogP contribution in [0.1, 0.15) is 6.92 Å². The molecule has 0 aliphatic rings. The highest BCUT2D eigenvalue weighted by molar-refractivity contribution is 7.34. The molecule has 5 nitrogen and oxygen atoms in total. The van der Waals surface area contributed by atoms with E-state index < -0.39 is 20.2 Å². The summed E-state index contributed by atoms with van der Waals surface area (Å²) in [6, 6.07) is 5.37. The maximum Gasteiger partial charge on any atom is 0.395 e. The lowest BCUT2D eigenvalue weighted by Gasteiger charge is -2.01. The van der Waals surface area contributed by atoms with E-state index in [-0.39, 0.29) is 5.75 Å². The van der Waals surface area contributed by atoms with Gasteiger partial charge in [-0.1, -0.05) is 28.5 Å². The maximum absolute atomic E-state index is 11.3. The van der Waals surface area contributed by atoms with E-state index in [1.807, 2.05) is 0 Å². The SMILES string of the molecule is CC(N=[P+]([O-])Oc1ccccc1Cl)C(=O)O. The number of para-hydroxylation sites is 1. The summed E-state index contributed by atoms with van der Waals surface area (Å²) in [7, 11) is -2.44. The third kappa shape index (κ3) is 3.77. The Balaban J connectivity index is 2.75. The van der Waals surface area contributed by atoms with Crippen LogP contribution in [0.25, 0.3) is 0 Å². The standard InChI is InChI=1S/C9H9ClNO4P/c1-6(9(12)13)11-16(14)15-8-5-3-2-4-7(8)10/h2-6H,1H3,(H,12,13). The third-order valence-electron chi connectivity index (χ3n) is 1.64. The highest BCUT2D eigenvalue weighted by Gasteiger charge is 2.16. The molecule has 0 aromatic heterocycles. The first-order chi connectivity index (χ1) is 7.50. The molecule has 86 valence electrons. The van der Waals surface area contributed by atoms with Gasteiger partial charge in [-0.3, -0.25) is 4.52 Å². The molecule has 2 unspecified atom stereocenters. The van der Waals surface area contributed by atoms with E-state index in [2.05, 4.69) is 4.74 Å². The molecule has 7 heteroatoms. The zero-order valence-electron chi connectivity index (χ0n) is 8.33. The van der Waals surface area contributed by atoms with Crippen molar-refractivity contribution in [1.82, 2.24) is 0 Å². The largest absolute Gasteiger partial charge is 0.575 e. The summed E-state index contributed by atoms with van der Waals surface area (Å²) < 4.78 is 8.35. The Morgan fingerprint density at radius 1 is 1.62 bits per heavy atom. The summed E-state index contributed by atoms with van der Waals surface area (Å²) in [5.41, 5.74) is 0. The van der Waals surface area contributed by atoms with E-state index >= 15 is 0 Å². The summed E-state index contributed by atoms with van der Waals surface area (Å²) in [6.45, 7) is 1.31. The smallest absolute Gasteiger partial charge is 0.395 e. The molecule has 0 aliphatic heterocycles. The molecule has 0 spiro atoms. The molecule has 0 amide bonds. The van der Waals surface area contributed by atoms with Gasteiger partial charge >= 0.3 is 14.1 Å². The van der Waals surface area contributed by atoms with Gasteiger partial charge in [0.25, 0.3) is 0 Å². The first-order valence-electron chi connectivity index (χ1n) is 4.34. The molecule has 1 aromatic carbocycles. The van der Waals surface area contributed by atoms with Crippen molar-refractivity contribution in [3.63, 3.8) is 0 Å². The van der Waals surface area contributed by atoms with Crippen molar-refractivity contribution in [1.29, 1.82) is 0 Å². The quantitative estimate of drug-likeness (QED) is 0.841. The van der Waals surface area contributed by atoms with E-state index in [9.17, 15) is 9.69 Å². The van der Waals surface area contributed by atoms with E-state index in [1.54, 1.807) is 18.2 Å². The molecule has 16 heavy (non-hydrogen) atoms. The van der Waals surface area contributed by atoms with Crippen molar-refractivity contribution >= 4 is 25.7 Å². The second-order valence-corrected chi connectivity index (χ2v) is 4.19. The van der Waals surface area contributed by atoms with Gasteiger partial charge in [0.2, 0.25) is 5.75 Å². The minimum absolute atomic E-state index is 0.214. The average molecular weight is 262 g/mol. The highest BCUT2D eigenvalue weighted by atomic mass is 35.5. The van der Waals surface area contributed by atoms with Crippen molar-refractivity contribution in [3.8, 4) is 5.75 Å². The fourth-order valence-electron chi connectivity index (χ4n) is 0.817. The summed E-state index contributed by atoms with van der Waals surface area (Å²) in [6.07, 6.45) is 0. The van der Waals surface area contributed by atoms with E-state index in [0.29, 0.717) is 5.02 Å². The summed E-state index contributed by atoms with van der Waals surface area (Å²) in [5, 5.41) is 8.84. The number of rotatable bonds is 4. The lowest BCUT2D eigenvalue weighted by atomic mass is 10.3. The topological polar surface area (TPSA) is 82.0 Å². The van der Waals surface area contributed by atoms with Crippen LogP contribution in [0.3, 0.4) is 0 Å². The maximum atomic E-state index is 11.3. The second-order valence-electron chi connectivity index (χ2n) is 2.89. The Bertz CT molecular complexity index is 424. The van der Waals surface area contributed by atoms with Gasteiger partial charge in [-0.15, -0.1) is 0 Å². The number of halogens is 1. The molecule has 0 fully saturated rings. The Kier molecular flexibility index (Phi) is 4.68. The average Bonchev–Trinajstić information content (AvgIpc) is 2.21. The number of carboxylic acids is 1. The first kappa shape index (κ1) is 12.9. The van der Waals surface area contributed by atoms with Crippen LogP contribution in [-0.2, 0) is 4.79 Å². The molecule has 0 saturated carbocycles. The van der Waals surface area contributed by atoms with Gasteiger partial charge in [0.15, 0.2) is 6.04 Å². The fraction of sp³-hybridized carbons (Fsp3) is 0.222. The Morgan fingerprint density at radius 2 is 2.25 bits per heavy atom. The summed E-state index contributed by atoms with van der Waals surface area (Å²) in [5.74, 6) is -0.947. The predicted molar refractivity (Wildman–Crippen MR) is 58.5 cm³/mol. The zero-order chi connectivity index (χ0) is 12.1. The molecular weight excluding hydrogens is 253 g/mol. The normalized spacial score (nSPS) is 13.3. The van der Waals surface area contributed by atoms with Crippen LogP contribution >= 0.6 is 19.8 Å². The molecule has 0 saturated heterocycles. The molecule has 2 atom stereocenters. The molecule has 1 aromatic rings. The van der Waals surface area contributed by atoms with Crippen LogP contribution in [0.2, 0.25) is 5.02 Å². The number of benzene rings is 1. The summed E-state index contributed by atoms with van der Waals surface area (Å²) in [4.78, 5) is 21.8. The minimum Gasteiger partial charge on any atom is -0.575 e. The monoisotopic (exact) mass is 261 g/mol. The molecule has 0 aliphatic carbocycles. The predicted octanol–water partition coefficient (Wildman–Crippen LogP) is 2.05. The summed E-state index contributed by atoms with van der Waals surface area (Å²) >= 11 is 5.76. The number of aliphatic carboxylic acids is 1. The highest BCUT2D eigenvalue weighted by Crippen LogP contribution is 2.30. The van der Waals surface area contributed by atoms with Crippen LogP contribution in [0, 0.1) is 0 Å². The molecular formula is C9H9ClNO4P. The molecule has 1 rings (SSSR count). The van der Waals surface area contributed by atoms with Crippen LogP contribution < -0.4 is 9.42 Å². The van der Waals surface area contributed by atoms with Crippen molar-refractivity contribution in [2.75, 3.05) is 0 Å². The van der Waals surface area contributed by atoms with E-state index in [4.69, 9.17) is 21.2 Å². The first-order valence-corrected chi connectivity index (χ1v) is 5.85. The van der Waals surface area contributed by atoms with Gasteiger partial charge < -0.3 is 10.00 Å². The Morgan fingerprint density at radius 3 is 2.81 bits per heavy atom. The number of nitrogens with zero attached hydrogens (tertiary/aromatic N) is 1. The number of hydrogen-bond donors (Lipinski definition) is 1. The van der Waals surface area contributed by atoms with Crippen LogP contribution in [0.4, 0.5) is 0 Å². The van der Waals surface area contributed by atoms with Gasteiger partial charge in [0, 0.05) is 0 Å². The van der Waals surface area contributed by atoms with Crippen LogP contribution in [-0.4, -0.2) is 17.1 Å². The van der Waals surface area contributed by atoms with Gasteiger partial charge in [0.05, 0.1) is 5.02 Å². The minimum atomic E-state index is -2.44. The zero-order valence-corrected chi connectivity index (χ0v) is 9.98. The van der Waals surface area contributed by atoms with E-state index in [1.165, 1.54) is 13.0 Å². The third-order valence-corrected chi connectivity index (χ3v) is 2.84. The van der Waals surface area contributed by atoms with Gasteiger partial charge in [0.1, 0.15) is 0 Å². The molecule has 0 bridgehead atoms. The Hall–Kier alpha value is -1.16. The van der Waals surface area contributed by atoms with Crippen molar-refractivity contribution in [2.24, 2.45) is 4.74 Å². The van der Waals surface area contributed by atoms with Crippen LogP contribution in [0.5, 0.6) is 5.75 Å². The number of hydrogen-bond acceptors (Lipinski definition) is 4. The fourth-order valence-corrected chi connectivity index (χ4v) is 1.80. The molecule has 0 heterocycles. The van der Waals surface area contributed by atoms with Gasteiger partial charge in [-0.2, -0.15) is 0 Å². The van der Waals surface area contributed by atoms with Crippen LogP contribution in [0.15, 0.2) is 29.0 Å². The van der Waals surface area contributed by atoms with Gasteiger partial charge in [-0.25, -0.2) is 4.79 Å². The lowest BCUT2D eigenvalue weighted by Crippen LogP contribution is -2.13. The van der Waals surface area contributed by atoms with Gasteiger partial charge in [-0.05, 0) is 19.1 Å². The molecule has 0 radical (unpaired) electrons. The number of carbonyl (C=O) groups is 1. The lowest BCUT2D eigenvalue weighted by molar-refractivity contribution is -0.169. The van der Waals surface area contributed by atoms with E-state index in [0.717, 1.165) is 0 Å². The molecule has 1 N–H and O–H groups in total. The van der Waals surface area contributed by atoms with Crippen molar-refractivity contribution < 1.29 is 19.3 Å². The second kappa shape index (κ2) is 5.80. The van der Waals surface area contributed by atoms with Crippen molar-refractivity contribution in [3.05, 3.63) is 29.3 Å². The van der Waals surface area contributed by atoms with Crippen molar-refractivity contribution in [2.45, 2.75) is 13.0 Å².